The predicted molar refractivity (Wildman–Crippen MR) is 346 cm³/mol. The number of aliphatic hydroxyl groups is 6. The lowest BCUT2D eigenvalue weighted by Crippen LogP contribution is -2.64. The van der Waals surface area contributed by atoms with E-state index in [9.17, 15) is 69.3 Å². The number of carbonyl (C=O) groups excluding carboxylic acids is 7. The van der Waals surface area contributed by atoms with E-state index in [-0.39, 0.29) is 41.3 Å². The molecule has 9 rings (SSSR count). The van der Waals surface area contributed by atoms with Crippen LogP contribution >= 0.6 is 23.9 Å². The molecule has 5 heterocycles. The number of rotatable bonds is 17. The summed E-state index contributed by atoms with van der Waals surface area (Å²) in [5, 5.41) is 104. The van der Waals surface area contributed by atoms with Crippen LogP contribution in [0, 0.1) is 12.5 Å². The van der Waals surface area contributed by atoms with E-state index in [1.807, 2.05) is 24.3 Å². The fourth-order valence-electron chi connectivity index (χ4n) is 12.9. The van der Waals surface area contributed by atoms with Gasteiger partial charge in [-0.3, -0.25) is 33.6 Å². The van der Waals surface area contributed by atoms with Crippen molar-refractivity contribution in [2.45, 2.75) is 124 Å². The van der Waals surface area contributed by atoms with E-state index in [2.05, 4.69) is 79.8 Å². The molecule has 0 spiro atoms. The first-order valence-electron chi connectivity index (χ1n) is 31.3. The number of hydrogen-bond acceptors (Lipinski definition) is 23. The minimum Gasteiger partial charge on any atom is -0.504 e. The van der Waals surface area contributed by atoms with Crippen molar-refractivity contribution in [1.29, 1.82) is 0 Å². The molecule has 96 heavy (non-hydrogen) atoms. The highest BCUT2D eigenvalue weighted by Gasteiger charge is 2.50. The minimum absolute atomic E-state index is 0.0720. The number of phenols is 1. The average Bonchev–Trinajstić information content (AvgIpc) is 1.95. The molecule has 30 nitrogen and oxygen atoms in total. The van der Waals surface area contributed by atoms with Crippen LogP contribution in [0.15, 0.2) is 91.0 Å². The summed E-state index contributed by atoms with van der Waals surface area (Å²) in [5.41, 5.74) is 3.92. The first-order valence-corrected chi connectivity index (χ1v) is 32.4. The summed E-state index contributed by atoms with van der Waals surface area (Å²) < 4.78 is 15.4. The van der Waals surface area contributed by atoms with Crippen molar-refractivity contribution in [2.75, 3.05) is 87.3 Å². The number of anilines is 3. The average molecular weight is 1370 g/mol. The molecule has 0 unspecified atom stereocenters. The van der Waals surface area contributed by atoms with Crippen LogP contribution in [0.3, 0.4) is 0 Å². The molecule has 13 atom stereocenters. The molecule has 7 amide bonds. The Morgan fingerprint density at radius 1 is 0.729 bits per heavy atom. The number of nitrogens with zero attached hydrogens (tertiary/aromatic N) is 6. The molecule has 32 heteroatoms. The molecule has 0 saturated carbocycles. The summed E-state index contributed by atoms with van der Waals surface area (Å²) in [4.78, 5) is 113. The highest BCUT2D eigenvalue weighted by molar-refractivity contribution is 7.90. The number of halogens is 1. The molecule has 4 aromatic rings. The van der Waals surface area contributed by atoms with Gasteiger partial charge in [-0.1, -0.05) is 46.1 Å². The Labute approximate surface area is 562 Å². The fraction of sp³-hybridized carbons (Fsp3) is 0.500. The molecule has 0 aromatic heterocycles. The molecule has 5 aliphatic heterocycles. The number of nitrogens with one attached hydrogen (secondary N) is 5. The first kappa shape index (κ1) is 72.2. The first-order chi connectivity index (χ1) is 45.9. The van der Waals surface area contributed by atoms with Crippen molar-refractivity contribution in [3.05, 3.63) is 124 Å². The number of fused-ring (bicyclic) bond motifs is 2. The molecule has 5 fully saturated rings. The number of piperazine rings is 1. The summed E-state index contributed by atoms with van der Waals surface area (Å²) in [6.45, 7) is 12.0. The molecule has 0 bridgehead atoms. The zero-order valence-corrected chi connectivity index (χ0v) is 54.4. The Hall–Kier alpha value is -8.10. The Morgan fingerprint density at radius 3 is 1.91 bits per heavy atom. The van der Waals surface area contributed by atoms with E-state index in [4.69, 9.17) is 32.4 Å². The number of aromatic hydroxyl groups is 1. The van der Waals surface area contributed by atoms with Crippen LogP contribution < -0.4 is 45.5 Å². The number of benzene rings is 4. The number of carbonyl (C=O) groups is 7. The van der Waals surface area contributed by atoms with Gasteiger partial charge in [-0.25, -0.2) is 11.8 Å². The summed E-state index contributed by atoms with van der Waals surface area (Å²) in [6, 6.07) is 15.1. The van der Waals surface area contributed by atoms with Crippen molar-refractivity contribution in [2.24, 2.45) is 5.92 Å². The number of hydrogen-bond donors (Lipinski definition) is 13. The van der Waals surface area contributed by atoms with E-state index < -0.39 is 165 Å². The number of phenolic OH excluding ortho intramolecular Hbond substituents is 1. The number of β-amino-alcohol motifs (C(OH)–C–C–N with tert-alkyl or cyclic N) is 1. The van der Waals surface area contributed by atoms with Crippen molar-refractivity contribution in [1.82, 2.24) is 36.4 Å². The third-order valence-electron chi connectivity index (χ3n) is 18.4. The van der Waals surface area contributed by atoms with Gasteiger partial charge in [0.25, 0.3) is 18.2 Å². The molecule has 0 radical (unpaired) electrons. The zero-order valence-electron chi connectivity index (χ0n) is 52.8. The van der Waals surface area contributed by atoms with Crippen LogP contribution in [0.1, 0.15) is 61.0 Å². The monoisotopic (exact) mass is 1370 g/mol. The number of methoxy groups -OCH3 is 1. The van der Waals surface area contributed by atoms with Crippen molar-refractivity contribution >= 4 is 82.3 Å². The van der Waals surface area contributed by atoms with Crippen molar-refractivity contribution in [3.8, 4) is 11.5 Å². The van der Waals surface area contributed by atoms with Crippen molar-refractivity contribution < 1.29 is 92.9 Å². The molecule has 4 aromatic carbocycles. The Bertz CT molecular complexity index is 3430. The molecular formula is C64H80ClN11O19S. The number of ether oxygens (including phenoxy) is 1. The van der Waals surface area contributed by atoms with Crippen molar-refractivity contribution in [3.63, 3.8) is 0 Å². The van der Waals surface area contributed by atoms with Crippen LogP contribution in [0.4, 0.5) is 17.1 Å². The molecule has 518 valence electrons. The second-order valence-corrected chi connectivity index (χ2v) is 25.5. The number of aliphatic hydroxyl groups excluding tert-OH is 6. The van der Waals surface area contributed by atoms with Crippen LogP contribution in [0.2, 0.25) is 5.02 Å². The fourth-order valence-corrected chi connectivity index (χ4v) is 13.3. The summed E-state index contributed by atoms with van der Waals surface area (Å²) >= 11 is 6.24. The second-order valence-electron chi connectivity index (χ2n) is 24.7. The summed E-state index contributed by atoms with van der Waals surface area (Å²) in [5.74, 6) is -9.51. The Balaban J connectivity index is 0.919. The largest absolute Gasteiger partial charge is 0.504 e. The van der Waals surface area contributed by atoms with Crippen LogP contribution in [-0.2, 0) is 54.9 Å². The van der Waals surface area contributed by atoms with Gasteiger partial charge in [0.1, 0.15) is 36.3 Å². The minimum atomic E-state index is -2.15. The Kier molecular flexibility index (Phi) is 24.3. The lowest BCUT2D eigenvalue weighted by atomic mass is 9.84. The third-order valence-corrected chi connectivity index (χ3v) is 19.0. The number of piperidine rings is 1. The van der Waals surface area contributed by atoms with E-state index in [0.717, 1.165) is 77.4 Å². The molecule has 0 aliphatic carbocycles. The Morgan fingerprint density at radius 2 is 1.31 bits per heavy atom. The summed E-state index contributed by atoms with van der Waals surface area (Å²) in [7, 11) is 1.75. The van der Waals surface area contributed by atoms with Gasteiger partial charge in [-0.05, 0) is 104 Å². The smallest absolute Gasteiger partial charge is 0.261 e. The standard InChI is InChI=1S/C64H80ClN11O19S/c1-35-33-76-55(56(35)83)61(88)67-31-44(78)29-46(68-57(84)38-6-12-41(13-7-38)73-23-25-74(26-24-73)43-16-14-42(15-17-43)72-21-19-64(92-4,20-22-72)39-8-10-40(65)11-9-39)58(85)69-52(36(2)77)62(89)75-34-45(79)30-47(75)59(86)70-53(60(87)71-54(63(76)90)50(82)32-66-3)49(81)27-37-5-18-48(80)51(28-37)93-96-95-94-91/h5-18,28,35-36,44-47,49-50,52-56,77-83,91H,19-27,29-34H2,1-2,4H3,(H,67,88)(H,68,84)(H,69,85)(H,70,86)(H,71,87)/t35-,36+,44+,45+,46+,47+,49-,50-,52+,53+,54+,55+,56+/m1/s1. The second kappa shape index (κ2) is 32.3. The normalized spacial score (nSPS) is 26.6. The SMILES string of the molecule is [C-]#[N+]C[C@@H](O)[C@@H]1NC(=O)[C@H]([C@H](O)Cc2ccc(O)c(OSOOO)c2)NC(=O)[C@@H]2C[C@H](O)CN2C(=O)[C@H]([C@H](C)O)NC(=O)[C@@H](NC(=O)c2ccc(N3CCN(c4ccc(N5CCC(OC)(c6ccc(Cl)cc6)CC5)cc4)CC3)cc2)C[C@H](O)CNC(=O)[C@@H]2[C@@H](O)[C@H](C)CN2C1=O. The topological polar surface area (TPSA) is 399 Å². The van der Waals surface area contributed by atoms with Gasteiger partial charge in [0.2, 0.25) is 42.0 Å². The lowest BCUT2D eigenvalue weighted by Gasteiger charge is -2.42. The van der Waals surface area contributed by atoms with Gasteiger partial charge in [0.15, 0.2) is 17.6 Å². The van der Waals surface area contributed by atoms with Crippen LogP contribution in [-0.4, -0.2) is 238 Å². The quantitative estimate of drug-likeness (QED) is 0.0213. The van der Waals surface area contributed by atoms with Gasteiger partial charge in [-0.15, -0.1) is 0 Å². The van der Waals surface area contributed by atoms with E-state index in [0.29, 0.717) is 31.2 Å². The van der Waals surface area contributed by atoms with E-state index in [1.165, 1.54) is 13.0 Å². The summed E-state index contributed by atoms with van der Waals surface area (Å²) in [6.07, 6.45) is -10.6. The highest BCUT2D eigenvalue weighted by Crippen LogP contribution is 2.39. The maximum Gasteiger partial charge on any atom is 0.261 e. The van der Waals surface area contributed by atoms with Gasteiger partial charge < -0.3 is 101 Å². The molecular weight excluding hydrogens is 1290 g/mol. The van der Waals surface area contributed by atoms with Crippen LogP contribution in [0.25, 0.3) is 4.85 Å². The van der Waals surface area contributed by atoms with Gasteiger partial charge in [0.05, 0.1) is 36.1 Å². The maximum absolute atomic E-state index is 14.7. The molecule has 5 saturated heterocycles. The number of amides is 7. The van der Waals surface area contributed by atoms with E-state index in [1.54, 1.807) is 31.4 Å². The lowest BCUT2D eigenvalue weighted by molar-refractivity contribution is -0.433. The zero-order chi connectivity index (χ0) is 69.1. The van der Waals surface area contributed by atoms with E-state index >= 15 is 0 Å². The molecule has 5 aliphatic rings. The van der Waals surface area contributed by atoms with Gasteiger partial charge >= 0.3 is 0 Å². The third kappa shape index (κ3) is 17.0. The highest BCUT2D eigenvalue weighted by atomic mass is 35.5. The van der Waals surface area contributed by atoms with Gasteiger partial charge in [0, 0.05) is 119 Å². The molecule has 13 N–H and O–H groups in total. The van der Waals surface area contributed by atoms with Gasteiger partial charge in [-0.2, -0.15) is 0 Å². The maximum atomic E-state index is 14.7. The van der Waals surface area contributed by atoms with Crippen LogP contribution in [0.5, 0.6) is 11.5 Å². The predicted octanol–water partition coefficient (Wildman–Crippen LogP) is -0.255.